The number of benzene rings is 1. The topological polar surface area (TPSA) is 0 Å². The molecule has 0 amide bonds. The molecular weight excluding hydrogens is 163 g/mol. The van der Waals surface area contributed by atoms with Crippen molar-refractivity contribution in [2.45, 2.75) is 13.8 Å². The number of hydrogen-bond donors (Lipinski definition) is 0. The van der Waals surface area contributed by atoms with E-state index < -0.39 is 0 Å². The van der Waals surface area contributed by atoms with Crippen LogP contribution in [0.3, 0.4) is 0 Å². The van der Waals surface area contributed by atoms with E-state index in [4.69, 9.17) is 0 Å². The molecule has 0 aliphatic carbocycles. The first-order chi connectivity index (χ1) is 6.04. The van der Waals surface area contributed by atoms with Gasteiger partial charge in [-0.05, 0) is 31.1 Å². The van der Waals surface area contributed by atoms with Crippen LogP contribution in [0.1, 0.15) is 25.0 Å². The molecule has 0 aromatic heterocycles. The fraction of sp³-hybridized carbons (Fsp3) is 0.167. The number of rotatable bonds is 2. The molecule has 0 aliphatic rings. The zero-order valence-electron chi connectivity index (χ0n) is 8.02. The average molecular weight is 176 g/mol. The summed E-state index contributed by atoms with van der Waals surface area (Å²) in [7, 11) is 0. The molecule has 0 heterocycles. The predicted octanol–water partition coefficient (Wildman–Crippen LogP) is 3.89. The lowest BCUT2D eigenvalue weighted by molar-refractivity contribution is 0.623. The van der Waals surface area contributed by atoms with E-state index in [2.05, 4.69) is 13.2 Å². The molecule has 0 saturated heterocycles. The molecule has 0 radical (unpaired) electrons. The Morgan fingerprint density at radius 1 is 1.15 bits per heavy atom. The standard InChI is InChI=1S/C12H13F/c1-8(2)10-6-5-7-11(13)12(10)9(3)4/h5-7H,1,3H2,2,4H3. The van der Waals surface area contributed by atoms with Crippen LogP contribution in [0.25, 0.3) is 11.1 Å². The molecule has 0 fully saturated rings. The quantitative estimate of drug-likeness (QED) is 0.641. The summed E-state index contributed by atoms with van der Waals surface area (Å²) in [6.07, 6.45) is 0. The van der Waals surface area contributed by atoms with Crippen LogP contribution in [0.2, 0.25) is 0 Å². The lowest BCUT2D eigenvalue weighted by Gasteiger charge is -2.09. The Bertz CT molecular complexity index is 361. The monoisotopic (exact) mass is 176 g/mol. The van der Waals surface area contributed by atoms with Crippen molar-refractivity contribution >= 4 is 11.1 Å². The summed E-state index contributed by atoms with van der Waals surface area (Å²) >= 11 is 0. The number of allylic oxidation sites excluding steroid dienone is 2. The van der Waals surface area contributed by atoms with E-state index in [1.54, 1.807) is 13.0 Å². The molecule has 0 unspecified atom stereocenters. The lowest BCUT2D eigenvalue weighted by atomic mass is 9.97. The maximum absolute atomic E-state index is 13.4. The van der Waals surface area contributed by atoms with E-state index >= 15 is 0 Å². The van der Waals surface area contributed by atoms with E-state index in [0.29, 0.717) is 5.56 Å². The van der Waals surface area contributed by atoms with Crippen molar-refractivity contribution < 1.29 is 4.39 Å². The Morgan fingerprint density at radius 3 is 2.15 bits per heavy atom. The fourth-order valence-corrected chi connectivity index (χ4v) is 1.31. The van der Waals surface area contributed by atoms with Gasteiger partial charge in [-0.25, -0.2) is 4.39 Å². The third-order valence-corrected chi connectivity index (χ3v) is 1.90. The van der Waals surface area contributed by atoms with Crippen molar-refractivity contribution in [2.24, 2.45) is 0 Å². The summed E-state index contributed by atoms with van der Waals surface area (Å²) < 4.78 is 13.4. The SMILES string of the molecule is C=C(C)c1cccc(F)c1C(=C)C. The van der Waals surface area contributed by atoms with Crippen molar-refractivity contribution in [3.05, 3.63) is 48.3 Å². The fourth-order valence-electron chi connectivity index (χ4n) is 1.31. The molecule has 68 valence electrons. The van der Waals surface area contributed by atoms with Crippen LogP contribution in [0.4, 0.5) is 4.39 Å². The maximum atomic E-state index is 13.4. The molecule has 0 atom stereocenters. The van der Waals surface area contributed by atoms with Gasteiger partial charge in [0, 0.05) is 5.56 Å². The van der Waals surface area contributed by atoms with Gasteiger partial charge in [-0.3, -0.25) is 0 Å². The first-order valence-electron chi connectivity index (χ1n) is 4.14. The predicted molar refractivity (Wildman–Crippen MR) is 55.8 cm³/mol. The maximum Gasteiger partial charge on any atom is 0.131 e. The first kappa shape index (κ1) is 9.72. The van der Waals surface area contributed by atoms with Crippen LogP contribution in [0.15, 0.2) is 31.4 Å². The summed E-state index contributed by atoms with van der Waals surface area (Å²) in [6.45, 7) is 11.2. The second-order valence-electron chi connectivity index (χ2n) is 3.22. The average Bonchev–Trinajstić information content (AvgIpc) is 2.02. The van der Waals surface area contributed by atoms with Crippen molar-refractivity contribution in [3.63, 3.8) is 0 Å². The van der Waals surface area contributed by atoms with Gasteiger partial charge in [0.05, 0.1) is 0 Å². The minimum absolute atomic E-state index is 0.229. The van der Waals surface area contributed by atoms with Gasteiger partial charge in [0.2, 0.25) is 0 Å². The Hall–Kier alpha value is -1.37. The summed E-state index contributed by atoms with van der Waals surface area (Å²) in [5.41, 5.74) is 3.01. The number of halogens is 1. The summed E-state index contributed by atoms with van der Waals surface area (Å²) in [4.78, 5) is 0. The van der Waals surface area contributed by atoms with Crippen LogP contribution < -0.4 is 0 Å². The zero-order chi connectivity index (χ0) is 10.0. The Morgan fingerprint density at radius 2 is 1.77 bits per heavy atom. The zero-order valence-corrected chi connectivity index (χ0v) is 8.02. The molecule has 1 rings (SSSR count). The second-order valence-corrected chi connectivity index (χ2v) is 3.22. The van der Waals surface area contributed by atoms with Crippen LogP contribution in [-0.4, -0.2) is 0 Å². The third kappa shape index (κ3) is 1.86. The van der Waals surface area contributed by atoms with Gasteiger partial charge in [-0.2, -0.15) is 0 Å². The molecule has 1 aromatic rings. The Balaban J connectivity index is 3.43. The van der Waals surface area contributed by atoms with Gasteiger partial charge in [0.15, 0.2) is 0 Å². The highest BCUT2D eigenvalue weighted by Gasteiger charge is 2.08. The van der Waals surface area contributed by atoms with Crippen molar-refractivity contribution in [1.29, 1.82) is 0 Å². The molecule has 0 aliphatic heterocycles. The van der Waals surface area contributed by atoms with E-state index in [1.165, 1.54) is 6.07 Å². The molecule has 0 saturated carbocycles. The van der Waals surface area contributed by atoms with Crippen molar-refractivity contribution in [3.8, 4) is 0 Å². The van der Waals surface area contributed by atoms with Crippen LogP contribution >= 0.6 is 0 Å². The highest BCUT2D eigenvalue weighted by atomic mass is 19.1. The molecular formula is C12H13F. The van der Waals surface area contributed by atoms with Gasteiger partial charge < -0.3 is 0 Å². The number of hydrogen-bond acceptors (Lipinski definition) is 0. The smallest absolute Gasteiger partial charge is 0.131 e. The highest BCUT2D eigenvalue weighted by Crippen LogP contribution is 2.25. The van der Waals surface area contributed by atoms with Crippen molar-refractivity contribution in [2.75, 3.05) is 0 Å². The molecule has 0 N–H and O–H groups in total. The third-order valence-electron chi connectivity index (χ3n) is 1.90. The van der Waals surface area contributed by atoms with Gasteiger partial charge in [-0.1, -0.05) is 30.9 Å². The van der Waals surface area contributed by atoms with E-state index in [0.717, 1.165) is 16.7 Å². The highest BCUT2D eigenvalue weighted by molar-refractivity contribution is 5.76. The molecule has 0 spiro atoms. The van der Waals surface area contributed by atoms with E-state index in [9.17, 15) is 4.39 Å². The summed E-state index contributed by atoms with van der Waals surface area (Å²) in [5.74, 6) is -0.229. The minimum Gasteiger partial charge on any atom is -0.206 e. The lowest BCUT2D eigenvalue weighted by Crippen LogP contribution is -1.92. The van der Waals surface area contributed by atoms with Gasteiger partial charge in [-0.15, -0.1) is 0 Å². The molecule has 0 nitrogen and oxygen atoms in total. The normalized spacial score (nSPS) is 9.77. The summed E-state index contributed by atoms with van der Waals surface area (Å²) in [5, 5.41) is 0. The minimum atomic E-state index is -0.229. The first-order valence-corrected chi connectivity index (χ1v) is 4.14. The molecule has 1 aromatic carbocycles. The van der Waals surface area contributed by atoms with Gasteiger partial charge in [0.25, 0.3) is 0 Å². The molecule has 1 heteroatoms. The van der Waals surface area contributed by atoms with Crippen LogP contribution in [-0.2, 0) is 0 Å². The summed E-state index contributed by atoms with van der Waals surface area (Å²) in [6, 6.07) is 4.98. The van der Waals surface area contributed by atoms with Crippen LogP contribution in [0.5, 0.6) is 0 Å². The van der Waals surface area contributed by atoms with E-state index in [-0.39, 0.29) is 5.82 Å². The van der Waals surface area contributed by atoms with Crippen LogP contribution in [0, 0.1) is 5.82 Å². The van der Waals surface area contributed by atoms with E-state index in [1.807, 2.05) is 13.0 Å². The second kappa shape index (κ2) is 3.56. The van der Waals surface area contributed by atoms with Crippen molar-refractivity contribution in [1.82, 2.24) is 0 Å². The Labute approximate surface area is 78.4 Å². The Kier molecular flexibility index (Phi) is 2.66. The van der Waals surface area contributed by atoms with Gasteiger partial charge in [0.1, 0.15) is 5.82 Å². The molecule has 0 bridgehead atoms. The molecule has 13 heavy (non-hydrogen) atoms. The largest absolute Gasteiger partial charge is 0.206 e. The van der Waals surface area contributed by atoms with Gasteiger partial charge >= 0.3 is 0 Å².